The van der Waals surface area contributed by atoms with Gasteiger partial charge in [0.25, 0.3) is 0 Å². The van der Waals surface area contributed by atoms with Crippen LogP contribution in [0.2, 0.25) is 0 Å². The van der Waals surface area contributed by atoms with Crippen LogP contribution in [0.15, 0.2) is 60.8 Å². The van der Waals surface area contributed by atoms with Gasteiger partial charge in [-0.3, -0.25) is 9.59 Å². The van der Waals surface area contributed by atoms with Crippen LogP contribution in [0.25, 0.3) is 0 Å². The van der Waals surface area contributed by atoms with Crippen molar-refractivity contribution in [2.24, 2.45) is 0 Å². The second kappa shape index (κ2) is 50.6. The molecule has 0 aliphatic carbocycles. The van der Waals surface area contributed by atoms with Gasteiger partial charge in [0.1, 0.15) is 6.10 Å². The van der Waals surface area contributed by atoms with Gasteiger partial charge in [-0.25, -0.2) is 0 Å². The van der Waals surface area contributed by atoms with Crippen LogP contribution in [0.4, 0.5) is 0 Å². The molecule has 3 unspecified atom stereocenters. The van der Waals surface area contributed by atoms with Crippen LogP contribution in [-0.4, -0.2) is 46.9 Å². The molecule has 0 aromatic heterocycles. The summed E-state index contributed by atoms with van der Waals surface area (Å²) in [6.45, 7) is 6.43. The number of hydrogen-bond donors (Lipinski definition) is 3. The number of amides is 1. The molecular formula is C57H103NO5. The highest BCUT2D eigenvalue weighted by molar-refractivity contribution is 5.77. The van der Waals surface area contributed by atoms with E-state index in [4.69, 9.17) is 4.74 Å². The zero-order valence-electron chi connectivity index (χ0n) is 41.7. The lowest BCUT2D eigenvalue weighted by molar-refractivity contribution is -0.151. The van der Waals surface area contributed by atoms with Crippen LogP contribution in [0, 0.1) is 0 Å². The maximum absolute atomic E-state index is 13.2. The zero-order chi connectivity index (χ0) is 45.9. The van der Waals surface area contributed by atoms with Crippen LogP contribution in [0.3, 0.4) is 0 Å². The van der Waals surface area contributed by atoms with Gasteiger partial charge in [-0.2, -0.15) is 0 Å². The molecule has 1 amide bonds. The highest BCUT2D eigenvalue weighted by atomic mass is 16.5. The quantitative estimate of drug-likeness (QED) is 0.0245. The predicted molar refractivity (Wildman–Crippen MR) is 273 cm³/mol. The molecular weight excluding hydrogens is 779 g/mol. The molecule has 0 saturated carbocycles. The molecule has 6 heteroatoms. The van der Waals surface area contributed by atoms with Gasteiger partial charge in [-0.15, -0.1) is 0 Å². The summed E-state index contributed by atoms with van der Waals surface area (Å²) in [7, 11) is 0. The normalized spacial score (nSPS) is 13.7. The fourth-order valence-corrected chi connectivity index (χ4v) is 7.96. The van der Waals surface area contributed by atoms with Crippen molar-refractivity contribution in [2.45, 2.75) is 283 Å². The molecule has 0 aromatic rings. The molecule has 0 fully saturated rings. The Kier molecular flexibility index (Phi) is 48.6. The standard InChI is InChI=1S/C57H103NO5/c1-4-7-10-13-16-19-21-23-25-27-28-29-31-33-35-38-41-44-47-50-57(62)63-53(48-45-42-39-37-34-32-30-26-24-22-20-17-14-11-8-5-2)51-56(61)58-54(52-59)55(60)49-46-43-40-36-18-15-12-9-6-3/h16,19,23,25-26,28-30,32,34,53-55,59-60H,4-15,17-18,20-22,24,27,31,33,35-52H2,1-3H3,(H,58,61)/b19-16-,25-23-,29-28-,30-26+,34-32+. The summed E-state index contributed by atoms with van der Waals surface area (Å²) >= 11 is 0. The Labute approximate surface area is 390 Å². The maximum atomic E-state index is 13.2. The van der Waals surface area contributed by atoms with Crippen LogP contribution in [-0.2, 0) is 14.3 Å². The Hall–Kier alpha value is -2.44. The van der Waals surface area contributed by atoms with E-state index >= 15 is 0 Å². The van der Waals surface area contributed by atoms with Crippen molar-refractivity contribution in [3.8, 4) is 0 Å². The van der Waals surface area contributed by atoms with E-state index in [1.807, 2.05) is 0 Å². The number of aliphatic hydroxyl groups is 2. The molecule has 0 radical (unpaired) electrons. The Morgan fingerprint density at radius 2 is 0.857 bits per heavy atom. The van der Waals surface area contributed by atoms with Crippen molar-refractivity contribution in [3.05, 3.63) is 60.8 Å². The molecule has 0 aromatic carbocycles. The van der Waals surface area contributed by atoms with E-state index in [0.29, 0.717) is 19.3 Å². The van der Waals surface area contributed by atoms with Crippen molar-refractivity contribution in [3.63, 3.8) is 0 Å². The number of ether oxygens (including phenoxy) is 1. The van der Waals surface area contributed by atoms with E-state index in [2.05, 4.69) is 86.8 Å². The Morgan fingerprint density at radius 3 is 1.37 bits per heavy atom. The fraction of sp³-hybridized carbons (Fsp3) is 0.789. The van der Waals surface area contributed by atoms with E-state index in [0.717, 1.165) is 89.9 Å². The third kappa shape index (κ3) is 45.9. The van der Waals surface area contributed by atoms with E-state index in [1.165, 1.54) is 128 Å². The first-order valence-electron chi connectivity index (χ1n) is 27.0. The number of esters is 1. The Balaban J connectivity index is 4.62. The van der Waals surface area contributed by atoms with Crippen molar-refractivity contribution >= 4 is 11.9 Å². The Morgan fingerprint density at radius 1 is 0.476 bits per heavy atom. The van der Waals surface area contributed by atoms with Crippen molar-refractivity contribution in [2.75, 3.05) is 6.61 Å². The van der Waals surface area contributed by atoms with Crippen LogP contribution in [0.5, 0.6) is 0 Å². The number of aliphatic hydroxyl groups excluding tert-OH is 2. The number of nitrogens with one attached hydrogen (secondary N) is 1. The molecule has 366 valence electrons. The lowest BCUT2D eigenvalue weighted by atomic mass is 10.0. The molecule has 0 rings (SSSR count). The second-order valence-corrected chi connectivity index (χ2v) is 18.3. The predicted octanol–water partition coefficient (Wildman–Crippen LogP) is 16.4. The molecule has 0 spiro atoms. The van der Waals surface area contributed by atoms with Crippen LogP contribution >= 0.6 is 0 Å². The molecule has 3 N–H and O–H groups in total. The van der Waals surface area contributed by atoms with E-state index < -0.39 is 18.2 Å². The molecule has 0 bridgehead atoms. The molecule has 0 saturated heterocycles. The van der Waals surface area contributed by atoms with Crippen LogP contribution < -0.4 is 5.32 Å². The molecule has 0 heterocycles. The first kappa shape index (κ1) is 60.6. The van der Waals surface area contributed by atoms with Gasteiger partial charge in [0.15, 0.2) is 0 Å². The third-order valence-corrected chi connectivity index (χ3v) is 12.1. The average Bonchev–Trinajstić information content (AvgIpc) is 3.28. The molecule has 3 atom stereocenters. The van der Waals surface area contributed by atoms with Gasteiger partial charge >= 0.3 is 5.97 Å². The highest BCUT2D eigenvalue weighted by Crippen LogP contribution is 2.17. The summed E-state index contributed by atoms with van der Waals surface area (Å²) in [6.07, 6.45) is 62.8. The average molecular weight is 882 g/mol. The first-order valence-corrected chi connectivity index (χ1v) is 27.0. The molecule has 63 heavy (non-hydrogen) atoms. The van der Waals surface area contributed by atoms with Gasteiger partial charge < -0.3 is 20.3 Å². The summed E-state index contributed by atoms with van der Waals surface area (Å²) in [5.41, 5.74) is 0. The van der Waals surface area contributed by atoms with E-state index in [9.17, 15) is 19.8 Å². The summed E-state index contributed by atoms with van der Waals surface area (Å²) in [5, 5.41) is 23.7. The number of carbonyl (C=O) groups excluding carboxylic acids is 2. The number of hydrogen-bond acceptors (Lipinski definition) is 5. The summed E-state index contributed by atoms with van der Waals surface area (Å²) in [4.78, 5) is 26.2. The minimum Gasteiger partial charge on any atom is -0.462 e. The van der Waals surface area contributed by atoms with Crippen molar-refractivity contribution < 1.29 is 24.5 Å². The fourth-order valence-electron chi connectivity index (χ4n) is 7.96. The monoisotopic (exact) mass is 882 g/mol. The van der Waals surface area contributed by atoms with Gasteiger partial charge in [-0.05, 0) is 89.9 Å². The minimum absolute atomic E-state index is 0.0533. The lowest BCUT2D eigenvalue weighted by Crippen LogP contribution is -2.46. The Bertz CT molecular complexity index is 1130. The largest absolute Gasteiger partial charge is 0.462 e. The summed E-state index contributed by atoms with van der Waals surface area (Å²) in [5.74, 6) is -0.512. The van der Waals surface area contributed by atoms with Gasteiger partial charge in [-0.1, -0.05) is 223 Å². The van der Waals surface area contributed by atoms with E-state index in [-0.39, 0.29) is 24.9 Å². The van der Waals surface area contributed by atoms with Gasteiger partial charge in [0.05, 0.1) is 25.2 Å². The first-order chi connectivity index (χ1) is 31.0. The molecule has 0 aliphatic heterocycles. The maximum Gasteiger partial charge on any atom is 0.306 e. The summed E-state index contributed by atoms with van der Waals surface area (Å²) in [6, 6.07) is -0.713. The second-order valence-electron chi connectivity index (χ2n) is 18.3. The number of unbranched alkanes of at least 4 members (excludes halogenated alkanes) is 27. The van der Waals surface area contributed by atoms with Crippen LogP contribution in [0.1, 0.15) is 265 Å². The van der Waals surface area contributed by atoms with Crippen molar-refractivity contribution in [1.29, 1.82) is 0 Å². The third-order valence-electron chi connectivity index (χ3n) is 12.1. The smallest absolute Gasteiger partial charge is 0.306 e. The molecule has 0 aliphatic rings. The van der Waals surface area contributed by atoms with Crippen molar-refractivity contribution in [1.82, 2.24) is 5.32 Å². The number of allylic oxidation sites excluding steroid dienone is 10. The van der Waals surface area contributed by atoms with Gasteiger partial charge in [0.2, 0.25) is 5.91 Å². The number of carbonyl (C=O) groups is 2. The topological polar surface area (TPSA) is 95.9 Å². The zero-order valence-corrected chi connectivity index (χ0v) is 41.7. The SMILES string of the molecule is CCCCC/C=C\C/C=C\C/C=C\CCCCCCCCC(=O)OC(CCCCC/C=C/C=C/CCCCCCCCC)CC(=O)NC(CO)C(O)CCCCCCCCCCC. The summed E-state index contributed by atoms with van der Waals surface area (Å²) < 4.78 is 5.93. The minimum atomic E-state index is -0.797. The highest BCUT2D eigenvalue weighted by Gasteiger charge is 2.24. The number of rotatable bonds is 48. The molecule has 6 nitrogen and oxygen atoms in total. The van der Waals surface area contributed by atoms with Gasteiger partial charge in [0, 0.05) is 6.42 Å². The van der Waals surface area contributed by atoms with E-state index in [1.54, 1.807) is 0 Å². The lowest BCUT2D eigenvalue weighted by Gasteiger charge is -2.24.